The van der Waals surface area contributed by atoms with Gasteiger partial charge in [-0.2, -0.15) is 5.10 Å². The Morgan fingerprint density at radius 2 is 2.19 bits per heavy atom. The molecule has 0 spiro atoms. The summed E-state index contributed by atoms with van der Waals surface area (Å²) in [5, 5.41) is 13.3. The molecule has 1 aromatic rings. The number of nitrogens with one attached hydrogen (secondary N) is 3. The van der Waals surface area contributed by atoms with Crippen LogP contribution in [0.1, 0.15) is 24.2 Å². The maximum Gasteiger partial charge on any atom is 0.226 e. The van der Waals surface area contributed by atoms with Gasteiger partial charge in [-0.25, -0.2) is 0 Å². The Morgan fingerprint density at radius 3 is 2.76 bits per heavy atom. The van der Waals surface area contributed by atoms with Gasteiger partial charge >= 0.3 is 0 Å². The zero-order valence-electron chi connectivity index (χ0n) is 12.7. The van der Waals surface area contributed by atoms with Gasteiger partial charge < -0.3 is 15.4 Å². The second-order valence-electron chi connectivity index (χ2n) is 5.68. The second kappa shape index (κ2) is 8.36. The van der Waals surface area contributed by atoms with Gasteiger partial charge in [0, 0.05) is 24.8 Å². The minimum atomic E-state index is 0. The van der Waals surface area contributed by atoms with Gasteiger partial charge in [0.05, 0.1) is 18.7 Å². The molecule has 0 bridgehead atoms. The molecule has 1 amide bonds. The lowest BCUT2D eigenvalue weighted by Crippen LogP contribution is -2.47. The molecule has 3 N–H and O–H groups in total. The Morgan fingerprint density at radius 1 is 1.48 bits per heavy atom. The van der Waals surface area contributed by atoms with Crippen molar-refractivity contribution in [3.8, 4) is 0 Å². The molecule has 0 atom stereocenters. The van der Waals surface area contributed by atoms with E-state index in [1.807, 2.05) is 13.0 Å². The lowest BCUT2D eigenvalue weighted by molar-refractivity contribution is -0.121. The number of carbonyl (C=O) groups excluding carboxylic acids is 1. The molecule has 1 aliphatic heterocycles. The van der Waals surface area contributed by atoms with Gasteiger partial charge in [-0.15, -0.1) is 12.4 Å². The molecule has 0 unspecified atom stereocenters. The first-order valence-electron chi connectivity index (χ1n) is 7.11. The normalized spacial score (nSPS) is 17.0. The first-order valence-corrected chi connectivity index (χ1v) is 7.11. The highest BCUT2D eigenvalue weighted by Crippen LogP contribution is 2.28. The number of ether oxygens (including phenoxy) is 1. The number of aryl methyl sites for hydroxylation is 1. The summed E-state index contributed by atoms with van der Waals surface area (Å²) in [5.74, 6) is 0.0190. The van der Waals surface area contributed by atoms with Gasteiger partial charge in [-0.3, -0.25) is 9.89 Å². The van der Waals surface area contributed by atoms with Crippen LogP contribution < -0.4 is 10.6 Å². The summed E-state index contributed by atoms with van der Waals surface area (Å²) in [6.07, 6.45) is 2.39. The average molecular weight is 317 g/mol. The van der Waals surface area contributed by atoms with Crippen LogP contribution in [0, 0.1) is 12.3 Å². The highest BCUT2D eigenvalue weighted by atomic mass is 35.5. The third kappa shape index (κ3) is 5.30. The fourth-order valence-corrected chi connectivity index (χ4v) is 2.71. The SMILES string of the molecule is COCC1(CNC(=O)Cc2cc(C)[nH]n2)CCNCC1.Cl. The molecule has 0 radical (unpaired) electrons. The Labute approximate surface area is 131 Å². The van der Waals surface area contributed by atoms with Crippen LogP contribution in [0.2, 0.25) is 0 Å². The molecular weight excluding hydrogens is 292 g/mol. The number of H-pyrrole nitrogens is 1. The summed E-state index contributed by atoms with van der Waals surface area (Å²) < 4.78 is 5.34. The molecule has 2 rings (SSSR count). The van der Waals surface area contributed by atoms with E-state index in [1.165, 1.54) is 0 Å². The monoisotopic (exact) mass is 316 g/mol. The third-order valence-corrected chi connectivity index (χ3v) is 3.88. The zero-order chi connectivity index (χ0) is 14.4. The molecule has 0 saturated carbocycles. The van der Waals surface area contributed by atoms with Crippen LogP contribution >= 0.6 is 12.4 Å². The number of carbonyl (C=O) groups is 1. The van der Waals surface area contributed by atoms with E-state index in [9.17, 15) is 4.79 Å². The van der Waals surface area contributed by atoms with Crippen LogP contribution in [0.5, 0.6) is 0 Å². The Bertz CT molecular complexity index is 438. The van der Waals surface area contributed by atoms with E-state index in [1.54, 1.807) is 7.11 Å². The molecule has 2 heterocycles. The standard InChI is InChI=1S/C14H24N4O2.ClH/c1-11-7-12(18-17-11)8-13(19)16-9-14(10-20-2)3-5-15-6-4-14;/h7,15H,3-6,8-10H2,1-2H3,(H,16,19)(H,17,18);1H. The average Bonchev–Trinajstić information content (AvgIpc) is 2.83. The summed E-state index contributed by atoms with van der Waals surface area (Å²) in [7, 11) is 1.72. The topological polar surface area (TPSA) is 79.0 Å². The molecule has 1 aliphatic rings. The van der Waals surface area contributed by atoms with Crippen molar-refractivity contribution in [2.75, 3.05) is 33.4 Å². The quantitative estimate of drug-likeness (QED) is 0.726. The highest BCUT2D eigenvalue weighted by molar-refractivity contribution is 5.85. The number of methoxy groups -OCH3 is 1. The van der Waals surface area contributed by atoms with Gasteiger partial charge in [-0.05, 0) is 38.9 Å². The van der Waals surface area contributed by atoms with Crippen LogP contribution in [-0.4, -0.2) is 49.5 Å². The van der Waals surface area contributed by atoms with E-state index >= 15 is 0 Å². The lowest BCUT2D eigenvalue weighted by Gasteiger charge is -2.37. The predicted octanol–water partition coefficient (Wildman–Crippen LogP) is 0.815. The van der Waals surface area contributed by atoms with E-state index in [2.05, 4.69) is 20.8 Å². The lowest BCUT2D eigenvalue weighted by atomic mass is 9.79. The molecule has 1 aromatic heterocycles. The first kappa shape index (κ1) is 17.9. The third-order valence-electron chi connectivity index (χ3n) is 3.88. The molecular formula is C14H25ClN4O2. The van der Waals surface area contributed by atoms with Crippen molar-refractivity contribution in [1.82, 2.24) is 20.8 Å². The minimum absolute atomic E-state index is 0. The summed E-state index contributed by atoms with van der Waals surface area (Å²) in [6.45, 7) is 5.26. The summed E-state index contributed by atoms with van der Waals surface area (Å²) >= 11 is 0. The van der Waals surface area contributed by atoms with Crippen LogP contribution in [0.4, 0.5) is 0 Å². The van der Waals surface area contributed by atoms with Crippen molar-refractivity contribution in [3.05, 3.63) is 17.5 Å². The fourth-order valence-electron chi connectivity index (χ4n) is 2.71. The predicted molar refractivity (Wildman–Crippen MR) is 83.7 cm³/mol. The Balaban J connectivity index is 0.00000220. The van der Waals surface area contributed by atoms with E-state index in [-0.39, 0.29) is 23.7 Å². The Kier molecular flexibility index (Phi) is 7.14. The van der Waals surface area contributed by atoms with E-state index in [4.69, 9.17) is 4.74 Å². The van der Waals surface area contributed by atoms with Gasteiger partial charge in [0.15, 0.2) is 0 Å². The number of piperidine rings is 1. The number of rotatable bonds is 6. The second-order valence-corrected chi connectivity index (χ2v) is 5.68. The van der Waals surface area contributed by atoms with Crippen LogP contribution in [0.25, 0.3) is 0 Å². The summed E-state index contributed by atoms with van der Waals surface area (Å²) in [6, 6.07) is 1.90. The number of halogens is 1. The van der Waals surface area contributed by atoms with Crippen molar-refractivity contribution in [2.45, 2.75) is 26.2 Å². The van der Waals surface area contributed by atoms with Crippen molar-refractivity contribution < 1.29 is 9.53 Å². The van der Waals surface area contributed by atoms with Crippen LogP contribution in [0.3, 0.4) is 0 Å². The molecule has 0 aliphatic carbocycles. The minimum Gasteiger partial charge on any atom is -0.384 e. The first-order chi connectivity index (χ1) is 9.63. The van der Waals surface area contributed by atoms with Crippen molar-refractivity contribution in [3.63, 3.8) is 0 Å². The smallest absolute Gasteiger partial charge is 0.226 e. The molecule has 6 nitrogen and oxygen atoms in total. The number of hydrogen-bond donors (Lipinski definition) is 3. The number of amides is 1. The molecule has 1 saturated heterocycles. The maximum absolute atomic E-state index is 12.0. The molecule has 120 valence electrons. The number of aromatic nitrogens is 2. The van der Waals surface area contributed by atoms with Crippen molar-refractivity contribution >= 4 is 18.3 Å². The fraction of sp³-hybridized carbons (Fsp3) is 0.714. The highest BCUT2D eigenvalue weighted by Gasteiger charge is 2.32. The number of aromatic amines is 1. The van der Waals surface area contributed by atoms with Gasteiger partial charge in [0.1, 0.15) is 0 Å². The van der Waals surface area contributed by atoms with Gasteiger partial charge in [0.2, 0.25) is 5.91 Å². The number of nitrogens with zero attached hydrogens (tertiary/aromatic N) is 1. The molecule has 7 heteroatoms. The maximum atomic E-state index is 12.0. The number of hydrogen-bond acceptors (Lipinski definition) is 4. The molecule has 21 heavy (non-hydrogen) atoms. The Hall–Kier alpha value is -1.11. The largest absolute Gasteiger partial charge is 0.384 e. The van der Waals surface area contributed by atoms with Crippen LogP contribution in [-0.2, 0) is 16.0 Å². The van der Waals surface area contributed by atoms with E-state index < -0.39 is 0 Å². The van der Waals surface area contributed by atoms with E-state index in [0.717, 1.165) is 37.3 Å². The molecule has 0 aromatic carbocycles. The van der Waals surface area contributed by atoms with Crippen molar-refractivity contribution in [2.24, 2.45) is 5.41 Å². The summed E-state index contributed by atoms with van der Waals surface area (Å²) in [5.41, 5.74) is 1.82. The van der Waals surface area contributed by atoms with Gasteiger partial charge in [-0.1, -0.05) is 0 Å². The van der Waals surface area contributed by atoms with Crippen molar-refractivity contribution in [1.29, 1.82) is 0 Å². The molecule has 1 fully saturated rings. The zero-order valence-corrected chi connectivity index (χ0v) is 13.5. The van der Waals surface area contributed by atoms with Crippen LogP contribution in [0.15, 0.2) is 6.07 Å². The van der Waals surface area contributed by atoms with Gasteiger partial charge in [0.25, 0.3) is 0 Å². The van der Waals surface area contributed by atoms with E-state index in [0.29, 0.717) is 19.6 Å². The summed E-state index contributed by atoms with van der Waals surface area (Å²) in [4.78, 5) is 12.0.